The molecule has 11 heavy (non-hydrogen) atoms. The van der Waals surface area contributed by atoms with Gasteiger partial charge in [0.1, 0.15) is 0 Å². The van der Waals surface area contributed by atoms with E-state index in [2.05, 4.69) is 0 Å². The Hall–Kier alpha value is -0.160. The number of halogens is 1. The summed E-state index contributed by atoms with van der Waals surface area (Å²) in [4.78, 5) is 0. The second-order valence-electron chi connectivity index (χ2n) is 3.39. The number of rotatable bonds is 4. The van der Waals surface area contributed by atoms with Crippen molar-refractivity contribution in [1.82, 2.24) is 0 Å². The van der Waals surface area contributed by atoms with Crippen LogP contribution in [0.2, 0.25) is 0 Å². The molecule has 0 rings (SSSR count). The molecule has 0 aromatic carbocycles. The molecule has 0 fully saturated rings. The van der Waals surface area contributed by atoms with Gasteiger partial charge in [0.05, 0.1) is 5.75 Å². The summed E-state index contributed by atoms with van der Waals surface area (Å²) in [6.45, 7) is 3.73. The Bertz CT molecular complexity index is 211. The summed E-state index contributed by atoms with van der Waals surface area (Å²) < 4.78 is 32.6. The lowest BCUT2D eigenvalue weighted by Gasteiger charge is -2.20. The summed E-state index contributed by atoms with van der Waals surface area (Å²) in [6, 6.07) is 0. The number of hydrogen-bond acceptors (Lipinski definition) is 3. The normalized spacial score (nSPS) is 13.5. The van der Waals surface area contributed by atoms with Crippen molar-refractivity contribution in [2.75, 3.05) is 12.3 Å². The van der Waals surface area contributed by atoms with Crippen LogP contribution in [0.3, 0.4) is 0 Å². The molecular formula is C6H14FNO2S. The van der Waals surface area contributed by atoms with E-state index < -0.39 is 21.4 Å². The first-order chi connectivity index (χ1) is 4.77. The van der Waals surface area contributed by atoms with Gasteiger partial charge in [-0.2, -0.15) is 8.42 Å². The summed E-state index contributed by atoms with van der Waals surface area (Å²) >= 11 is 0. The lowest BCUT2D eigenvalue weighted by atomic mass is 9.92. The summed E-state index contributed by atoms with van der Waals surface area (Å²) in [7, 11) is -4.36. The van der Waals surface area contributed by atoms with Crippen LogP contribution in [-0.4, -0.2) is 20.7 Å². The molecule has 0 amide bonds. The van der Waals surface area contributed by atoms with Gasteiger partial charge in [-0.3, -0.25) is 0 Å². The van der Waals surface area contributed by atoms with Gasteiger partial charge in [0.15, 0.2) is 0 Å². The lowest BCUT2D eigenvalue weighted by molar-refractivity contribution is 0.378. The molecule has 0 aliphatic rings. The Balaban J connectivity index is 4.13. The Morgan fingerprint density at radius 1 is 1.45 bits per heavy atom. The average molecular weight is 183 g/mol. The summed E-state index contributed by atoms with van der Waals surface area (Å²) in [5.74, 6) is -0.447. The fraction of sp³-hybridized carbons (Fsp3) is 1.00. The van der Waals surface area contributed by atoms with E-state index in [9.17, 15) is 12.3 Å². The largest absolute Gasteiger partial charge is 0.330 e. The zero-order chi connectivity index (χ0) is 9.12. The molecule has 0 aromatic heterocycles. The molecule has 0 radical (unpaired) electrons. The number of nitrogens with two attached hydrogens (primary N) is 1. The highest BCUT2D eigenvalue weighted by atomic mass is 32.3. The molecule has 0 bridgehead atoms. The molecule has 0 unspecified atom stereocenters. The molecule has 0 heterocycles. The van der Waals surface area contributed by atoms with E-state index in [1.54, 1.807) is 13.8 Å². The van der Waals surface area contributed by atoms with E-state index in [-0.39, 0.29) is 0 Å². The third-order valence-corrected chi connectivity index (χ3v) is 2.51. The van der Waals surface area contributed by atoms with Crippen molar-refractivity contribution in [1.29, 1.82) is 0 Å². The zero-order valence-electron chi connectivity index (χ0n) is 6.80. The SMILES string of the molecule is CC(C)(CCN)CS(=O)(=O)F. The second kappa shape index (κ2) is 3.49. The second-order valence-corrected chi connectivity index (χ2v) is 4.75. The molecule has 0 saturated heterocycles. The number of hydrogen-bond donors (Lipinski definition) is 1. The molecule has 5 heteroatoms. The molecule has 0 spiro atoms. The quantitative estimate of drug-likeness (QED) is 0.651. The highest BCUT2D eigenvalue weighted by Gasteiger charge is 2.24. The maximum absolute atomic E-state index is 12.1. The van der Waals surface area contributed by atoms with Gasteiger partial charge in [-0.05, 0) is 18.4 Å². The monoisotopic (exact) mass is 183 g/mol. The Labute approximate surface area is 67.0 Å². The maximum Gasteiger partial charge on any atom is 0.302 e. The molecule has 0 aromatic rings. The first kappa shape index (κ1) is 10.8. The summed E-state index contributed by atoms with van der Waals surface area (Å²) in [5, 5.41) is 0. The van der Waals surface area contributed by atoms with Crippen LogP contribution in [0.4, 0.5) is 3.89 Å². The molecule has 68 valence electrons. The maximum atomic E-state index is 12.1. The van der Waals surface area contributed by atoms with Gasteiger partial charge in [0, 0.05) is 0 Å². The van der Waals surface area contributed by atoms with Crippen LogP contribution in [-0.2, 0) is 10.2 Å². The van der Waals surface area contributed by atoms with Gasteiger partial charge in [0.25, 0.3) is 0 Å². The Kier molecular flexibility index (Phi) is 3.44. The standard InChI is InChI=1S/C6H14FNO2S/c1-6(2,3-4-8)5-11(7,9)10/h3-5,8H2,1-2H3. The van der Waals surface area contributed by atoms with E-state index in [4.69, 9.17) is 5.73 Å². The van der Waals surface area contributed by atoms with E-state index in [1.165, 1.54) is 0 Å². The smallest absolute Gasteiger partial charge is 0.302 e. The average Bonchev–Trinajstić information content (AvgIpc) is 1.55. The minimum absolute atomic E-state index is 0.377. The molecule has 3 nitrogen and oxygen atoms in total. The van der Waals surface area contributed by atoms with Crippen molar-refractivity contribution >= 4 is 10.2 Å². The van der Waals surface area contributed by atoms with E-state index in [1.807, 2.05) is 0 Å². The van der Waals surface area contributed by atoms with Gasteiger partial charge in [0.2, 0.25) is 0 Å². The fourth-order valence-electron chi connectivity index (χ4n) is 0.930. The van der Waals surface area contributed by atoms with E-state index in [0.29, 0.717) is 13.0 Å². The highest BCUT2D eigenvalue weighted by molar-refractivity contribution is 7.86. The Morgan fingerprint density at radius 3 is 2.18 bits per heavy atom. The molecule has 0 aliphatic carbocycles. The van der Waals surface area contributed by atoms with Gasteiger partial charge < -0.3 is 5.73 Å². The lowest BCUT2D eigenvalue weighted by Crippen LogP contribution is -2.24. The predicted octanol–water partition coefficient (Wildman–Crippen LogP) is 0.661. The topological polar surface area (TPSA) is 60.2 Å². The summed E-state index contributed by atoms with van der Waals surface area (Å²) in [6.07, 6.45) is 0.510. The molecule has 2 N–H and O–H groups in total. The van der Waals surface area contributed by atoms with Crippen molar-refractivity contribution in [2.45, 2.75) is 20.3 Å². The minimum atomic E-state index is -4.36. The van der Waals surface area contributed by atoms with Gasteiger partial charge in [-0.15, -0.1) is 3.89 Å². The minimum Gasteiger partial charge on any atom is -0.330 e. The summed E-state index contributed by atoms with van der Waals surface area (Å²) in [5.41, 5.74) is 4.66. The van der Waals surface area contributed by atoms with Crippen molar-refractivity contribution in [3.63, 3.8) is 0 Å². The van der Waals surface area contributed by atoms with Crippen LogP contribution in [0, 0.1) is 5.41 Å². The van der Waals surface area contributed by atoms with Gasteiger partial charge in [-0.1, -0.05) is 13.8 Å². The Morgan fingerprint density at radius 2 is 1.91 bits per heavy atom. The third-order valence-electron chi connectivity index (χ3n) is 1.38. The van der Waals surface area contributed by atoms with Crippen LogP contribution < -0.4 is 5.73 Å². The first-order valence-corrected chi connectivity index (χ1v) is 4.94. The molecule has 0 saturated carbocycles. The van der Waals surface area contributed by atoms with Crippen molar-refractivity contribution < 1.29 is 12.3 Å². The van der Waals surface area contributed by atoms with Crippen molar-refractivity contribution in [2.24, 2.45) is 11.1 Å². The molecular weight excluding hydrogens is 169 g/mol. The van der Waals surface area contributed by atoms with Gasteiger partial charge in [-0.25, -0.2) is 0 Å². The third kappa shape index (κ3) is 6.25. The van der Waals surface area contributed by atoms with E-state index in [0.717, 1.165) is 0 Å². The zero-order valence-corrected chi connectivity index (χ0v) is 7.62. The van der Waals surface area contributed by atoms with Crippen LogP contribution in [0.25, 0.3) is 0 Å². The van der Waals surface area contributed by atoms with Crippen LogP contribution >= 0.6 is 0 Å². The fourth-order valence-corrected chi connectivity index (χ4v) is 2.01. The molecule has 0 atom stereocenters. The van der Waals surface area contributed by atoms with Crippen molar-refractivity contribution in [3.05, 3.63) is 0 Å². The van der Waals surface area contributed by atoms with Crippen molar-refractivity contribution in [3.8, 4) is 0 Å². The van der Waals surface area contributed by atoms with Crippen LogP contribution in [0.15, 0.2) is 0 Å². The van der Waals surface area contributed by atoms with Crippen LogP contribution in [0.1, 0.15) is 20.3 Å². The first-order valence-electron chi connectivity index (χ1n) is 3.39. The predicted molar refractivity (Wildman–Crippen MR) is 42.3 cm³/mol. The highest BCUT2D eigenvalue weighted by Crippen LogP contribution is 2.22. The van der Waals surface area contributed by atoms with Gasteiger partial charge >= 0.3 is 10.2 Å². The molecule has 0 aliphatic heterocycles. The van der Waals surface area contributed by atoms with Crippen LogP contribution in [0.5, 0.6) is 0 Å². The van der Waals surface area contributed by atoms with E-state index >= 15 is 0 Å².